The van der Waals surface area contributed by atoms with Crippen LogP contribution in [-0.4, -0.2) is 78.1 Å². The van der Waals surface area contributed by atoms with Gasteiger partial charge in [-0.2, -0.15) is 0 Å². The number of ether oxygens (including phenoxy) is 1. The first-order chi connectivity index (χ1) is 15.0. The van der Waals surface area contributed by atoms with Gasteiger partial charge in [-0.1, -0.05) is 18.2 Å². The number of allylic oxidation sites excluding steroid dienone is 2. The lowest BCUT2D eigenvalue weighted by atomic mass is 9.86. The molecule has 3 N–H and O–H groups in total. The van der Waals surface area contributed by atoms with Crippen LogP contribution in [-0.2, 0) is 19.4 Å². The van der Waals surface area contributed by atoms with E-state index in [1.807, 2.05) is 0 Å². The second-order valence-electron chi connectivity index (χ2n) is 7.62. The molecule has 10 nitrogen and oxygen atoms in total. The molecule has 0 bridgehead atoms. The van der Waals surface area contributed by atoms with E-state index in [1.54, 1.807) is 13.0 Å². The number of benzene rings is 1. The summed E-state index contributed by atoms with van der Waals surface area (Å²) in [4.78, 5) is 38.9. The van der Waals surface area contributed by atoms with Gasteiger partial charge in [0.2, 0.25) is 5.91 Å². The van der Waals surface area contributed by atoms with E-state index in [-0.39, 0.29) is 23.2 Å². The van der Waals surface area contributed by atoms with Gasteiger partial charge in [-0.25, -0.2) is 8.42 Å². The maximum atomic E-state index is 13.3. The van der Waals surface area contributed by atoms with Crippen molar-refractivity contribution in [1.29, 1.82) is 0 Å². The summed E-state index contributed by atoms with van der Waals surface area (Å²) in [6.07, 6.45) is 5.23. The highest BCUT2D eigenvalue weighted by molar-refractivity contribution is 7.90. The van der Waals surface area contributed by atoms with E-state index in [4.69, 9.17) is 9.84 Å². The Bertz CT molecular complexity index is 1120. The van der Waals surface area contributed by atoms with Gasteiger partial charge in [0, 0.05) is 12.7 Å². The van der Waals surface area contributed by atoms with Crippen LogP contribution in [0.5, 0.6) is 0 Å². The third kappa shape index (κ3) is 4.59. The average molecular weight is 464 g/mol. The first-order valence-electron chi connectivity index (χ1n) is 9.83. The van der Waals surface area contributed by atoms with Crippen LogP contribution in [0.25, 0.3) is 0 Å². The summed E-state index contributed by atoms with van der Waals surface area (Å²) in [5.41, 5.74) is -2.08. The summed E-state index contributed by atoms with van der Waals surface area (Å²) < 4.78 is 29.9. The summed E-state index contributed by atoms with van der Waals surface area (Å²) in [5.74, 6) is -2.75. The van der Waals surface area contributed by atoms with Crippen LogP contribution in [0, 0.1) is 0 Å². The van der Waals surface area contributed by atoms with Gasteiger partial charge in [-0.05, 0) is 25.1 Å². The monoisotopic (exact) mass is 464 g/mol. The number of sulfone groups is 1. The molecule has 1 aromatic carbocycles. The lowest BCUT2D eigenvalue weighted by molar-refractivity contribution is -0.118. The number of anilines is 1. The van der Waals surface area contributed by atoms with Gasteiger partial charge in [-0.3, -0.25) is 19.3 Å². The number of rotatable bonds is 8. The third-order valence-electron chi connectivity index (χ3n) is 5.17. The van der Waals surface area contributed by atoms with Crippen molar-refractivity contribution in [3.8, 4) is 0 Å². The van der Waals surface area contributed by atoms with Gasteiger partial charge in [0.25, 0.3) is 11.8 Å². The van der Waals surface area contributed by atoms with Gasteiger partial charge in [-0.15, -0.1) is 0 Å². The van der Waals surface area contributed by atoms with Crippen LogP contribution in [0.15, 0.2) is 42.2 Å². The molecule has 1 aromatic rings. The van der Waals surface area contributed by atoms with Crippen LogP contribution in [0.1, 0.15) is 34.1 Å². The maximum Gasteiger partial charge on any atom is 0.264 e. The Kier molecular flexibility index (Phi) is 6.54. The van der Waals surface area contributed by atoms with Crippen molar-refractivity contribution < 1.29 is 37.8 Å². The van der Waals surface area contributed by atoms with Crippen molar-refractivity contribution in [2.45, 2.75) is 25.0 Å². The van der Waals surface area contributed by atoms with Gasteiger partial charge in [0.05, 0.1) is 41.0 Å². The van der Waals surface area contributed by atoms with Crippen molar-refractivity contribution in [2.24, 2.45) is 0 Å². The fourth-order valence-electron chi connectivity index (χ4n) is 3.84. The Labute approximate surface area is 185 Å². The summed E-state index contributed by atoms with van der Waals surface area (Å²) >= 11 is 0. The fourth-order valence-corrected chi connectivity index (χ4v) is 4.85. The number of aliphatic hydroxyl groups excluding tert-OH is 1. The van der Waals surface area contributed by atoms with E-state index in [1.165, 1.54) is 30.4 Å². The molecule has 2 atom stereocenters. The lowest BCUT2D eigenvalue weighted by Crippen LogP contribution is -2.57. The van der Waals surface area contributed by atoms with Gasteiger partial charge < -0.3 is 20.3 Å². The molecule has 0 aromatic heterocycles. The molecule has 2 aliphatic rings. The zero-order chi connectivity index (χ0) is 23.7. The predicted octanol–water partition coefficient (Wildman–Crippen LogP) is 0.238. The fraction of sp³-hybridized carbons (Fsp3) is 0.381. The number of fused-ring (bicyclic) bond motifs is 1. The SMILES string of the molecule is CCOC1=CC=CC(O)(C(CS(C)(=O)=O)N2C(=O)c3cccc(NC(=O)CO)c3C2=O)C1. The predicted molar refractivity (Wildman–Crippen MR) is 115 cm³/mol. The van der Waals surface area contributed by atoms with Crippen molar-refractivity contribution in [2.75, 3.05) is 30.5 Å². The second kappa shape index (κ2) is 8.85. The van der Waals surface area contributed by atoms with Crippen molar-refractivity contribution in [3.05, 3.63) is 53.3 Å². The summed E-state index contributed by atoms with van der Waals surface area (Å²) in [6, 6.07) is 2.75. The van der Waals surface area contributed by atoms with Crippen molar-refractivity contribution >= 4 is 33.2 Å². The summed E-state index contributed by atoms with van der Waals surface area (Å²) in [6.45, 7) is 1.23. The van der Waals surface area contributed by atoms with E-state index in [0.29, 0.717) is 12.4 Å². The first kappa shape index (κ1) is 23.6. The highest BCUT2D eigenvalue weighted by Gasteiger charge is 2.50. The number of nitrogens with one attached hydrogen (secondary N) is 1. The molecule has 2 unspecified atom stereocenters. The maximum absolute atomic E-state index is 13.3. The number of nitrogens with zero attached hydrogens (tertiary/aromatic N) is 1. The highest BCUT2D eigenvalue weighted by Crippen LogP contribution is 2.37. The normalized spacial score (nSPS) is 21.2. The molecule has 0 saturated carbocycles. The lowest BCUT2D eigenvalue weighted by Gasteiger charge is -2.39. The zero-order valence-corrected chi connectivity index (χ0v) is 18.4. The number of hydrogen-bond donors (Lipinski definition) is 3. The highest BCUT2D eigenvalue weighted by atomic mass is 32.2. The number of carbonyl (C=O) groups excluding carboxylic acids is 3. The first-order valence-corrected chi connectivity index (χ1v) is 11.9. The number of hydrogen-bond acceptors (Lipinski definition) is 8. The summed E-state index contributed by atoms with van der Waals surface area (Å²) in [7, 11) is -3.75. The molecule has 1 aliphatic heterocycles. The number of imide groups is 1. The van der Waals surface area contributed by atoms with Crippen molar-refractivity contribution in [3.63, 3.8) is 0 Å². The zero-order valence-electron chi connectivity index (χ0n) is 17.6. The third-order valence-corrected chi connectivity index (χ3v) is 6.09. The van der Waals surface area contributed by atoms with Crippen molar-refractivity contribution in [1.82, 2.24) is 4.90 Å². The Balaban J connectivity index is 2.06. The molecule has 0 fully saturated rings. The molecule has 0 radical (unpaired) electrons. The van der Waals surface area contributed by atoms with Crippen LogP contribution >= 0.6 is 0 Å². The Morgan fingerprint density at radius 3 is 2.66 bits per heavy atom. The topological polar surface area (TPSA) is 150 Å². The van der Waals surface area contributed by atoms with E-state index in [9.17, 15) is 27.9 Å². The molecular formula is C21H24N2O8S. The van der Waals surface area contributed by atoms with Gasteiger partial charge in [0.1, 0.15) is 22.0 Å². The molecule has 0 saturated heterocycles. The molecule has 32 heavy (non-hydrogen) atoms. The molecule has 172 valence electrons. The Hall–Kier alpha value is -3.02. The van der Waals surface area contributed by atoms with Crippen LogP contribution in [0.3, 0.4) is 0 Å². The van der Waals surface area contributed by atoms with Gasteiger partial charge in [0.15, 0.2) is 0 Å². The minimum absolute atomic E-state index is 0.00147. The van der Waals surface area contributed by atoms with Crippen LogP contribution < -0.4 is 5.32 Å². The van der Waals surface area contributed by atoms with E-state index in [2.05, 4.69) is 5.32 Å². The number of aliphatic hydroxyl groups is 2. The Morgan fingerprint density at radius 2 is 2.03 bits per heavy atom. The largest absolute Gasteiger partial charge is 0.498 e. The molecule has 3 amide bonds. The molecule has 11 heteroatoms. The number of amides is 3. The van der Waals surface area contributed by atoms with Crippen LogP contribution in [0.2, 0.25) is 0 Å². The average Bonchev–Trinajstić information content (AvgIpc) is 2.97. The minimum atomic E-state index is -3.75. The summed E-state index contributed by atoms with van der Waals surface area (Å²) in [5, 5.41) is 22.8. The smallest absolute Gasteiger partial charge is 0.264 e. The van der Waals surface area contributed by atoms with Crippen LogP contribution in [0.4, 0.5) is 5.69 Å². The molecule has 3 rings (SSSR count). The van der Waals surface area contributed by atoms with Gasteiger partial charge >= 0.3 is 0 Å². The quantitative estimate of drug-likeness (QED) is 0.463. The molecular weight excluding hydrogens is 440 g/mol. The second-order valence-corrected chi connectivity index (χ2v) is 9.80. The molecule has 1 aliphatic carbocycles. The molecule has 0 spiro atoms. The van der Waals surface area contributed by atoms with E-state index >= 15 is 0 Å². The Morgan fingerprint density at radius 1 is 1.31 bits per heavy atom. The van der Waals surface area contributed by atoms with E-state index in [0.717, 1.165) is 11.2 Å². The van der Waals surface area contributed by atoms with E-state index < -0.39 is 51.6 Å². The number of carbonyl (C=O) groups is 3. The minimum Gasteiger partial charge on any atom is -0.498 e. The standard InChI is InChI=1S/C21H24N2O8S/c1-3-31-13-6-5-9-21(28,10-13)16(12-32(2,29)30)23-19(26)14-7-4-8-15(18(14)20(23)27)22-17(25)11-24/h4-9,16,24,28H,3,10-12H2,1-2H3,(H,22,25). The molecule has 1 heterocycles.